The molecule has 32 heavy (non-hydrogen) atoms. The fourth-order valence-corrected chi connectivity index (χ4v) is 3.64. The first kappa shape index (κ1) is 25.8. The average molecular weight is 507 g/mol. The molecule has 0 saturated heterocycles. The van der Waals surface area contributed by atoms with Gasteiger partial charge in [0.05, 0.1) is 42.3 Å². The predicted molar refractivity (Wildman–Crippen MR) is 115 cm³/mol. The number of halogens is 2. The topological polar surface area (TPSA) is 155 Å². The van der Waals surface area contributed by atoms with E-state index in [1.165, 1.54) is 12.3 Å². The third-order valence-corrected chi connectivity index (χ3v) is 5.58. The Balaban J connectivity index is 1.99. The minimum atomic E-state index is -4.18. The van der Waals surface area contributed by atoms with Crippen LogP contribution in [0.4, 0.5) is 5.69 Å². The number of nitrogens with two attached hydrogens (primary N) is 1. The highest BCUT2D eigenvalue weighted by Crippen LogP contribution is 2.29. The number of ether oxygens (including phenoxy) is 2. The Hall–Kier alpha value is -2.44. The van der Waals surface area contributed by atoms with Crippen molar-refractivity contribution in [3.63, 3.8) is 0 Å². The predicted octanol–water partition coefficient (Wildman–Crippen LogP) is 2.48. The van der Waals surface area contributed by atoms with E-state index in [1.807, 2.05) is 0 Å². The van der Waals surface area contributed by atoms with Crippen molar-refractivity contribution in [1.82, 2.24) is 0 Å². The summed E-state index contributed by atoms with van der Waals surface area (Å²) >= 11 is 11.1. The summed E-state index contributed by atoms with van der Waals surface area (Å²) < 4.78 is 39.1. The quantitative estimate of drug-likeness (QED) is 0.180. The Labute approximate surface area is 194 Å². The van der Waals surface area contributed by atoms with Crippen molar-refractivity contribution in [1.29, 1.82) is 0 Å². The van der Waals surface area contributed by atoms with Crippen LogP contribution in [0.3, 0.4) is 0 Å². The van der Waals surface area contributed by atoms with Crippen molar-refractivity contribution >= 4 is 55.9 Å². The number of carbonyl (C=O) groups excluding carboxylic acids is 3. The molecular weight excluding hydrogens is 487 g/mol. The largest absolute Gasteiger partial charge is 0.467 e. The van der Waals surface area contributed by atoms with Gasteiger partial charge in [0.1, 0.15) is 10.7 Å². The Morgan fingerprint density at radius 3 is 2.53 bits per heavy atom. The molecule has 3 N–H and O–H groups in total. The molecule has 174 valence electrons. The van der Waals surface area contributed by atoms with Gasteiger partial charge in [-0.1, -0.05) is 11.6 Å². The Morgan fingerprint density at radius 1 is 1.16 bits per heavy atom. The van der Waals surface area contributed by atoms with E-state index in [2.05, 4.69) is 5.32 Å². The smallest absolute Gasteiger partial charge is 0.340 e. The first-order valence-electron chi connectivity index (χ1n) is 9.19. The summed E-state index contributed by atoms with van der Waals surface area (Å²) in [6.07, 6.45) is 1.63. The zero-order valence-electron chi connectivity index (χ0n) is 16.6. The van der Waals surface area contributed by atoms with Gasteiger partial charge in [0.25, 0.3) is 5.24 Å². The van der Waals surface area contributed by atoms with Gasteiger partial charge in [0.2, 0.25) is 15.8 Å². The van der Waals surface area contributed by atoms with Crippen LogP contribution in [0, 0.1) is 0 Å². The lowest BCUT2D eigenvalue weighted by Crippen LogP contribution is -2.17. The molecule has 0 aliphatic rings. The summed E-state index contributed by atoms with van der Waals surface area (Å²) in [6.45, 7) is 0.312. The second-order valence-corrected chi connectivity index (χ2v) is 8.64. The van der Waals surface area contributed by atoms with E-state index in [0.29, 0.717) is 12.2 Å². The van der Waals surface area contributed by atoms with Crippen molar-refractivity contribution in [3.8, 4) is 0 Å². The van der Waals surface area contributed by atoms with E-state index in [4.69, 9.17) is 42.2 Å². The molecule has 10 nitrogen and oxygen atoms in total. The summed E-state index contributed by atoms with van der Waals surface area (Å²) in [6, 6.07) is 5.70. The van der Waals surface area contributed by atoms with Crippen LogP contribution in [-0.2, 0) is 35.6 Å². The lowest BCUT2D eigenvalue weighted by Gasteiger charge is -2.14. The van der Waals surface area contributed by atoms with E-state index in [1.54, 1.807) is 12.1 Å². The van der Waals surface area contributed by atoms with Gasteiger partial charge in [-0.3, -0.25) is 9.59 Å². The maximum Gasteiger partial charge on any atom is 0.340 e. The van der Waals surface area contributed by atoms with Crippen LogP contribution >= 0.6 is 23.2 Å². The molecule has 1 aromatic heterocycles. The van der Waals surface area contributed by atoms with Crippen molar-refractivity contribution in [2.45, 2.75) is 24.3 Å². The first-order valence-corrected chi connectivity index (χ1v) is 11.5. The normalized spacial score (nSPS) is 11.2. The molecule has 0 spiro atoms. The SMILES string of the molecule is NS(=O)(=O)c1cc(C(=O)OCCCOCCC(=O)C(=O)Cl)c(NCc2ccco2)cc1Cl. The van der Waals surface area contributed by atoms with Crippen LogP contribution in [0.2, 0.25) is 5.02 Å². The molecule has 0 fully saturated rings. The summed E-state index contributed by atoms with van der Waals surface area (Å²) in [4.78, 5) is 33.8. The van der Waals surface area contributed by atoms with Crippen LogP contribution in [0.1, 0.15) is 29.0 Å². The number of carbonyl (C=O) groups is 3. The van der Waals surface area contributed by atoms with Gasteiger partial charge in [0.15, 0.2) is 0 Å². The molecule has 0 saturated carbocycles. The lowest BCUT2D eigenvalue weighted by atomic mass is 10.1. The third kappa shape index (κ3) is 7.92. The number of anilines is 1. The summed E-state index contributed by atoms with van der Waals surface area (Å²) in [7, 11) is -4.18. The standard InChI is InChI=1S/C19H20Cl2N2O8S/c20-14-10-15(23-11-12-3-1-6-30-12)13(9-17(14)32(22,27)28)19(26)31-7-2-5-29-8-4-16(24)18(21)25/h1,3,6,9-10,23H,2,4-5,7-8,11H2,(H2,22,27,28). The molecule has 0 radical (unpaired) electrons. The van der Waals surface area contributed by atoms with Gasteiger partial charge in [-0.05, 0) is 35.9 Å². The Kier molecular flexibility index (Phi) is 9.66. The number of furan rings is 1. The highest BCUT2D eigenvalue weighted by atomic mass is 35.5. The molecular formula is C19H20Cl2N2O8S. The molecule has 1 aromatic carbocycles. The molecule has 0 bridgehead atoms. The molecule has 1 heterocycles. The van der Waals surface area contributed by atoms with E-state index >= 15 is 0 Å². The van der Waals surface area contributed by atoms with Gasteiger partial charge >= 0.3 is 5.97 Å². The zero-order chi connectivity index (χ0) is 23.7. The maximum absolute atomic E-state index is 12.6. The number of primary sulfonamides is 1. The van der Waals surface area contributed by atoms with Gasteiger partial charge in [-0.25, -0.2) is 18.4 Å². The molecule has 2 aromatic rings. The molecule has 0 atom stereocenters. The van der Waals surface area contributed by atoms with E-state index in [9.17, 15) is 22.8 Å². The van der Waals surface area contributed by atoms with Crippen molar-refractivity contribution in [2.24, 2.45) is 5.14 Å². The average Bonchev–Trinajstić information content (AvgIpc) is 3.23. The van der Waals surface area contributed by atoms with Crippen LogP contribution in [0.5, 0.6) is 0 Å². The minimum absolute atomic E-state index is 0.000983. The van der Waals surface area contributed by atoms with Gasteiger partial charge < -0.3 is 19.2 Å². The number of rotatable bonds is 13. The van der Waals surface area contributed by atoms with Crippen LogP contribution < -0.4 is 10.5 Å². The number of hydrogen-bond donors (Lipinski definition) is 2. The number of benzene rings is 1. The summed E-state index contributed by atoms with van der Waals surface area (Å²) in [5.74, 6) is -0.986. The summed E-state index contributed by atoms with van der Waals surface area (Å²) in [5.41, 5.74) is 0.140. The van der Waals surface area contributed by atoms with E-state index < -0.39 is 31.9 Å². The monoisotopic (exact) mass is 506 g/mol. The van der Waals surface area contributed by atoms with Gasteiger partial charge in [-0.15, -0.1) is 0 Å². The van der Waals surface area contributed by atoms with Crippen LogP contribution in [-0.4, -0.2) is 45.2 Å². The van der Waals surface area contributed by atoms with E-state index in [-0.39, 0.29) is 49.1 Å². The van der Waals surface area contributed by atoms with Crippen LogP contribution in [0.15, 0.2) is 39.8 Å². The lowest BCUT2D eigenvalue weighted by molar-refractivity contribution is -0.132. The first-order chi connectivity index (χ1) is 15.1. The fourth-order valence-electron chi connectivity index (χ4n) is 2.45. The number of Topliss-reactive ketones (excluding diaryl/α,β-unsaturated/α-hetero) is 1. The number of ketones is 1. The van der Waals surface area contributed by atoms with E-state index in [0.717, 1.165) is 6.07 Å². The highest BCUT2D eigenvalue weighted by Gasteiger charge is 2.21. The Morgan fingerprint density at radius 2 is 1.91 bits per heavy atom. The molecule has 0 aliphatic carbocycles. The number of hydrogen-bond acceptors (Lipinski definition) is 9. The number of nitrogens with one attached hydrogen (secondary N) is 1. The summed E-state index contributed by atoms with van der Waals surface area (Å²) in [5, 5.41) is 6.89. The zero-order valence-corrected chi connectivity index (χ0v) is 19.0. The minimum Gasteiger partial charge on any atom is -0.467 e. The van der Waals surface area contributed by atoms with Crippen molar-refractivity contribution in [2.75, 3.05) is 25.1 Å². The van der Waals surface area contributed by atoms with Crippen molar-refractivity contribution in [3.05, 3.63) is 46.9 Å². The number of esters is 1. The fraction of sp³-hybridized carbons (Fsp3) is 0.316. The Bertz CT molecular complexity index is 1070. The van der Waals surface area contributed by atoms with Gasteiger partial charge in [0, 0.05) is 19.4 Å². The molecule has 0 aliphatic heterocycles. The highest BCUT2D eigenvalue weighted by molar-refractivity contribution is 7.89. The van der Waals surface area contributed by atoms with Gasteiger partial charge in [-0.2, -0.15) is 0 Å². The second kappa shape index (κ2) is 12.0. The number of sulfonamides is 1. The molecule has 0 unspecified atom stereocenters. The third-order valence-electron chi connectivity index (χ3n) is 3.99. The second-order valence-electron chi connectivity index (χ2n) is 6.35. The maximum atomic E-state index is 12.6. The molecule has 2 rings (SSSR count). The molecule has 13 heteroatoms. The van der Waals surface area contributed by atoms with Crippen molar-refractivity contribution < 1.29 is 36.7 Å². The van der Waals surface area contributed by atoms with Crippen LogP contribution in [0.25, 0.3) is 0 Å². The molecule has 0 amide bonds.